The number of phenolic OH excluding ortho intramolecular Hbond substituents is 1. The molecule has 24 nitrogen and oxygen atoms in total. The molecule has 3 rings (SSSR count). The van der Waals surface area contributed by atoms with Gasteiger partial charge in [0.2, 0.25) is 5.91 Å². The van der Waals surface area contributed by atoms with Crippen LogP contribution >= 0.6 is 0 Å². The Morgan fingerprint density at radius 1 is 0.712 bits per heavy atom. The van der Waals surface area contributed by atoms with E-state index >= 15 is 0 Å². The van der Waals surface area contributed by atoms with Crippen LogP contribution in [0.2, 0.25) is 0 Å². The molecule has 0 saturated carbocycles. The van der Waals surface area contributed by atoms with Gasteiger partial charge >= 0.3 is 35.8 Å². The number of hydrogen-bond donors (Lipinski definition) is 17. The molecule has 2 heterocycles. The number of carboxylic acid groups (broad SMARTS) is 6. The number of benzene rings is 1. The lowest BCUT2D eigenvalue weighted by molar-refractivity contribution is -0.140. The second kappa shape index (κ2) is 33.3. The Morgan fingerprint density at radius 2 is 1.14 bits per heavy atom. The van der Waals surface area contributed by atoms with Gasteiger partial charge in [0.05, 0.1) is 0 Å². The normalized spacial score (nSPS) is 16.9. The number of aliphatic carboxylic acids is 6. The van der Waals surface area contributed by atoms with Crippen molar-refractivity contribution in [2.75, 3.05) is 19.6 Å². The smallest absolute Gasteiger partial charge is 0.320 e. The first kappa shape index (κ1) is 57.7. The Bertz CT molecular complexity index is 1380. The number of nitrogens with two attached hydrogens (primary N) is 6. The molecule has 1 amide bonds. The molecule has 0 aliphatic carbocycles. The largest absolute Gasteiger partial charge is 0.508 e. The van der Waals surface area contributed by atoms with Crippen molar-refractivity contribution in [1.29, 1.82) is 5.41 Å². The highest BCUT2D eigenvalue weighted by Gasteiger charge is 2.21. The summed E-state index contributed by atoms with van der Waals surface area (Å²) in [6.45, 7) is 5.75. The number of rotatable bonds is 16. The fourth-order valence-corrected chi connectivity index (χ4v) is 4.14. The van der Waals surface area contributed by atoms with Gasteiger partial charge in [-0.15, -0.1) is 0 Å². The van der Waals surface area contributed by atoms with Gasteiger partial charge in [-0.2, -0.15) is 0 Å². The number of guanidine groups is 1. The summed E-state index contributed by atoms with van der Waals surface area (Å²) in [4.78, 5) is 71.0. The van der Waals surface area contributed by atoms with E-state index in [2.05, 4.69) is 16.0 Å². The Kier molecular flexibility index (Phi) is 32.6. The van der Waals surface area contributed by atoms with Gasteiger partial charge in [-0.3, -0.25) is 39.0 Å². The molecule has 2 fully saturated rings. The lowest BCUT2D eigenvalue weighted by Gasteiger charge is -2.07. The average molecular weight is 849 g/mol. The molecule has 1 aromatic carbocycles. The maximum absolute atomic E-state index is 10.4. The molecular formula is C35H64N10O14. The second-order valence-electron chi connectivity index (χ2n) is 13.3. The maximum Gasteiger partial charge on any atom is 0.320 e. The van der Waals surface area contributed by atoms with E-state index in [0.29, 0.717) is 19.4 Å². The van der Waals surface area contributed by atoms with Gasteiger partial charge in [0.15, 0.2) is 5.96 Å². The lowest BCUT2D eigenvalue weighted by Crippen LogP contribution is -2.34. The molecule has 2 saturated heterocycles. The summed E-state index contributed by atoms with van der Waals surface area (Å²) in [6, 6.07) is 2.38. The molecule has 0 bridgehead atoms. The number of nitrogens with one attached hydrogen (secondary N) is 4. The maximum atomic E-state index is 10.4. The van der Waals surface area contributed by atoms with Crippen molar-refractivity contribution in [2.45, 2.75) is 108 Å². The SMILES string of the molecule is CC(C)C(N)C(=O)O.N=C(N)NCCCC(N)C(=O)O.NC(=O)CCC(N)C(=O)O.NC(Cc1ccc(O)cc1)C(=O)O.O=C(O)[C@@H]1CCCN1.O=C(O)[C@@H]1CCCN1. The summed E-state index contributed by atoms with van der Waals surface area (Å²) >= 11 is 0. The van der Waals surface area contributed by atoms with Gasteiger partial charge < -0.3 is 86.1 Å². The second-order valence-corrected chi connectivity index (χ2v) is 13.3. The molecule has 2 aliphatic rings. The highest BCUT2D eigenvalue weighted by atomic mass is 16.4. The molecule has 23 N–H and O–H groups in total. The van der Waals surface area contributed by atoms with Gasteiger partial charge in [-0.25, -0.2) is 0 Å². The standard InChI is InChI=1S/C9H11NO3.C6H14N4O2.C5H10N2O3.2C5H9NO2.C5H11NO2/c10-8(9(12)13)5-6-1-3-7(11)4-2-6;7-4(5(11)12)2-1-3-10-6(8)9;6-3(5(9)10)1-2-4(7)8;2*7-5(8)4-2-1-3-6-4;1-3(2)4(6)5(7)8/h1-4,8,11H,5,10H2,(H,12,13);4H,1-3,7H2,(H,11,12)(H4,8,9,10);3H,1-2,6H2,(H2,7,8)(H,9,10);2*4,6H,1-3H2,(H,7,8);3-4H,6H2,1-2H3,(H,7,8)/t;;;2*4-;/m...00./s1. The highest BCUT2D eigenvalue weighted by Crippen LogP contribution is 2.11. The first-order chi connectivity index (χ1) is 27.3. The number of carbonyl (C=O) groups is 7. The zero-order valence-electron chi connectivity index (χ0n) is 33.3. The van der Waals surface area contributed by atoms with Crippen LogP contribution in [0.5, 0.6) is 5.75 Å². The van der Waals surface area contributed by atoms with Crippen molar-refractivity contribution < 1.29 is 69.3 Å². The van der Waals surface area contributed by atoms with Gasteiger partial charge in [-0.1, -0.05) is 26.0 Å². The van der Waals surface area contributed by atoms with Crippen molar-refractivity contribution in [3.05, 3.63) is 29.8 Å². The van der Waals surface area contributed by atoms with Crippen LogP contribution in [0.25, 0.3) is 0 Å². The minimum Gasteiger partial charge on any atom is -0.508 e. The first-order valence-corrected chi connectivity index (χ1v) is 18.3. The molecule has 0 aromatic heterocycles. The van der Waals surface area contributed by atoms with Gasteiger partial charge in [-0.05, 0) is 88.1 Å². The summed E-state index contributed by atoms with van der Waals surface area (Å²) in [5.41, 5.74) is 31.3. The number of carbonyl (C=O) groups excluding carboxylic acids is 1. The van der Waals surface area contributed by atoms with Crippen LogP contribution in [-0.4, -0.2) is 139 Å². The third kappa shape index (κ3) is 34.1. The molecule has 338 valence electrons. The topological polar surface area (TPSA) is 477 Å². The predicted octanol–water partition coefficient (Wildman–Crippen LogP) is -2.63. The van der Waals surface area contributed by atoms with Crippen LogP contribution in [0.15, 0.2) is 24.3 Å². The Labute approximate surface area is 341 Å². The Hall–Kier alpha value is -5.66. The molecule has 6 atom stereocenters. The summed E-state index contributed by atoms with van der Waals surface area (Å²) < 4.78 is 0. The molecule has 2 aliphatic heterocycles. The third-order valence-corrected chi connectivity index (χ3v) is 7.77. The summed E-state index contributed by atoms with van der Waals surface area (Å²) in [7, 11) is 0. The highest BCUT2D eigenvalue weighted by molar-refractivity contribution is 5.77. The molecule has 0 spiro atoms. The van der Waals surface area contributed by atoms with Crippen molar-refractivity contribution in [3.8, 4) is 5.75 Å². The van der Waals surface area contributed by atoms with Crippen molar-refractivity contribution in [1.82, 2.24) is 16.0 Å². The fraction of sp³-hybridized carbons (Fsp3) is 0.600. The average Bonchev–Trinajstić information content (AvgIpc) is 3.90. The van der Waals surface area contributed by atoms with Gasteiger partial charge in [0, 0.05) is 13.0 Å². The quantitative estimate of drug-likeness (QED) is 0.0459. The fourth-order valence-electron chi connectivity index (χ4n) is 4.14. The number of carboxylic acids is 6. The van der Waals surface area contributed by atoms with E-state index < -0.39 is 65.9 Å². The Balaban J connectivity index is -0.000000645. The summed E-state index contributed by atoms with van der Waals surface area (Å²) in [5, 5.41) is 74.0. The minimum absolute atomic E-state index is 0.0208. The number of phenols is 1. The molecule has 4 unspecified atom stereocenters. The number of primary amides is 1. The van der Waals surface area contributed by atoms with E-state index in [0.717, 1.165) is 44.3 Å². The van der Waals surface area contributed by atoms with Crippen molar-refractivity contribution >= 4 is 47.7 Å². The molecule has 59 heavy (non-hydrogen) atoms. The van der Waals surface area contributed by atoms with E-state index in [1.165, 1.54) is 12.1 Å². The van der Waals surface area contributed by atoms with Gasteiger partial charge in [0.1, 0.15) is 42.0 Å². The van der Waals surface area contributed by atoms with Crippen LogP contribution in [-0.2, 0) is 40.0 Å². The van der Waals surface area contributed by atoms with Crippen LogP contribution in [0, 0.1) is 11.3 Å². The number of amides is 1. The van der Waals surface area contributed by atoms with Crippen LogP contribution in [0.1, 0.15) is 70.8 Å². The number of hydrogen-bond acceptors (Lipinski definition) is 15. The van der Waals surface area contributed by atoms with E-state index in [9.17, 15) is 33.6 Å². The molecular weight excluding hydrogens is 784 g/mol. The monoisotopic (exact) mass is 848 g/mol. The molecule has 1 aromatic rings. The van der Waals surface area contributed by atoms with Gasteiger partial charge in [0.25, 0.3) is 0 Å². The zero-order valence-corrected chi connectivity index (χ0v) is 33.3. The van der Waals surface area contributed by atoms with Crippen LogP contribution in [0.4, 0.5) is 0 Å². The summed E-state index contributed by atoms with van der Waals surface area (Å²) in [5.74, 6) is -5.96. The first-order valence-electron chi connectivity index (χ1n) is 18.3. The zero-order chi connectivity index (χ0) is 46.2. The van der Waals surface area contributed by atoms with Crippen molar-refractivity contribution in [3.63, 3.8) is 0 Å². The Morgan fingerprint density at radius 3 is 1.41 bits per heavy atom. The number of aromatic hydroxyl groups is 1. The molecule has 0 radical (unpaired) electrons. The van der Waals surface area contributed by atoms with E-state index in [-0.39, 0.29) is 49.0 Å². The van der Waals surface area contributed by atoms with E-state index in [1.807, 2.05) is 0 Å². The lowest BCUT2D eigenvalue weighted by atomic mass is 10.1. The van der Waals surface area contributed by atoms with Crippen LogP contribution < -0.4 is 50.4 Å². The van der Waals surface area contributed by atoms with E-state index in [4.69, 9.17) is 75.6 Å². The van der Waals surface area contributed by atoms with Crippen LogP contribution in [0.3, 0.4) is 0 Å². The van der Waals surface area contributed by atoms with Crippen molar-refractivity contribution in [2.24, 2.45) is 40.3 Å². The van der Waals surface area contributed by atoms with E-state index in [1.54, 1.807) is 26.0 Å². The summed E-state index contributed by atoms with van der Waals surface area (Å²) in [6.07, 6.45) is 4.94. The third-order valence-electron chi connectivity index (χ3n) is 7.77. The minimum atomic E-state index is -1.11. The molecule has 24 heteroatoms. The predicted molar refractivity (Wildman–Crippen MR) is 214 cm³/mol.